The quantitative estimate of drug-likeness (QED) is 0.803. The fourth-order valence-electron chi connectivity index (χ4n) is 1.75. The fourth-order valence-corrected chi connectivity index (χ4v) is 1.75. The molecule has 0 aliphatic rings. The molecule has 1 aromatic rings. The molecule has 3 heteroatoms. The third-order valence-corrected chi connectivity index (χ3v) is 3.00. The molecule has 0 bridgehead atoms. The predicted molar refractivity (Wildman–Crippen MR) is 67.5 cm³/mol. The molecule has 0 radical (unpaired) electrons. The van der Waals surface area contributed by atoms with E-state index in [1.165, 1.54) is 6.42 Å². The number of aromatic nitrogens is 1. The van der Waals surface area contributed by atoms with Crippen molar-refractivity contribution in [1.29, 1.82) is 0 Å². The molecular weight excluding hydrogens is 200 g/mol. The zero-order chi connectivity index (χ0) is 12.0. The van der Waals surface area contributed by atoms with Crippen LogP contribution < -0.4 is 4.90 Å². The molecule has 1 unspecified atom stereocenters. The van der Waals surface area contributed by atoms with Crippen molar-refractivity contribution in [2.24, 2.45) is 5.92 Å². The van der Waals surface area contributed by atoms with E-state index >= 15 is 0 Å². The minimum absolute atomic E-state index is 0.0557. The van der Waals surface area contributed by atoms with Crippen molar-refractivity contribution in [3.05, 3.63) is 24.0 Å². The van der Waals surface area contributed by atoms with Crippen LogP contribution in [0.25, 0.3) is 0 Å². The minimum Gasteiger partial charge on any atom is -0.392 e. The highest BCUT2D eigenvalue weighted by Gasteiger charge is 2.11. The van der Waals surface area contributed by atoms with Crippen LogP contribution in [0.15, 0.2) is 18.5 Å². The Morgan fingerprint density at radius 2 is 2.19 bits per heavy atom. The number of aliphatic hydroxyl groups excluding tert-OH is 1. The van der Waals surface area contributed by atoms with Gasteiger partial charge in [0, 0.05) is 36.7 Å². The van der Waals surface area contributed by atoms with Gasteiger partial charge >= 0.3 is 0 Å². The van der Waals surface area contributed by atoms with Gasteiger partial charge in [-0.2, -0.15) is 0 Å². The molecular formula is C13H22N2O. The lowest BCUT2D eigenvalue weighted by Crippen LogP contribution is -2.29. The van der Waals surface area contributed by atoms with Gasteiger partial charge in [0.2, 0.25) is 0 Å². The van der Waals surface area contributed by atoms with E-state index in [1.807, 2.05) is 6.07 Å². The molecule has 16 heavy (non-hydrogen) atoms. The van der Waals surface area contributed by atoms with Crippen molar-refractivity contribution in [2.45, 2.75) is 33.8 Å². The third-order valence-electron chi connectivity index (χ3n) is 3.00. The smallest absolute Gasteiger partial charge is 0.0717 e. The summed E-state index contributed by atoms with van der Waals surface area (Å²) in [7, 11) is 0. The summed E-state index contributed by atoms with van der Waals surface area (Å²) in [5.74, 6) is 0.666. The van der Waals surface area contributed by atoms with E-state index < -0.39 is 0 Å². The van der Waals surface area contributed by atoms with Gasteiger partial charge in [0.15, 0.2) is 0 Å². The molecule has 90 valence electrons. The van der Waals surface area contributed by atoms with Crippen molar-refractivity contribution < 1.29 is 5.11 Å². The largest absolute Gasteiger partial charge is 0.392 e. The second kappa shape index (κ2) is 6.48. The predicted octanol–water partition coefficient (Wildman–Crippen LogP) is 2.45. The summed E-state index contributed by atoms with van der Waals surface area (Å²) in [5.41, 5.74) is 2.02. The van der Waals surface area contributed by atoms with E-state index in [0.29, 0.717) is 5.92 Å². The molecule has 1 N–H and O–H groups in total. The normalized spacial score (nSPS) is 12.5. The summed E-state index contributed by atoms with van der Waals surface area (Å²) in [4.78, 5) is 6.35. The van der Waals surface area contributed by atoms with Crippen molar-refractivity contribution in [3.63, 3.8) is 0 Å². The number of rotatable bonds is 6. The highest BCUT2D eigenvalue weighted by Crippen LogP contribution is 2.20. The van der Waals surface area contributed by atoms with E-state index in [0.717, 1.165) is 24.3 Å². The maximum atomic E-state index is 9.29. The second-order valence-corrected chi connectivity index (χ2v) is 4.21. The molecule has 1 heterocycles. The first-order valence-electron chi connectivity index (χ1n) is 6.01. The van der Waals surface area contributed by atoms with Crippen LogP contribution in [0.1, 0.15) is 32.8 Å². The number of hydrogen-bond acceptors (Lipinski definition) is 3. The van der Waals surface area contributed by atoms with Crippen LogP contribution >= 0.6 is 0 Å². The summed E-state index contributed by atoms with van der Waals surface area (Å²) in [6.07, 6.45) is 4.71. The SMILES string of the molecule is CCC(C)CN(CC)c1ccncc1CO. The monoisotopic (exact) mass is 222 g/mol. The lowest BCUT2D eigenvalue weighted by atomic mass is 10.1. The van der Waals surface area contributed by atoms with Crippen molar-refractivity contribution in [3.8, 4) is 0 Å². The van der Waals surface area contributed by atoms with Gasteiger partial charge in [0.05, 0.1) is 6.61 Å². The Labute approximate surface area is 98.1 Å². The van der Waals surface area contributed by atoms with Crippen LogP contribution in [-0.2, 0) is 6.61 Å². The van der Waals surface area contributed by atoms with Crippen LogP contribution in [0.5, 0.6) is 0 Å². The van der Waals surface area contributed by atoms with Crippen LogP contribution in [-0.4, -0.2) is 23.2 Å². The van der Waals surface area contributed by atoms with E-state index in [9.17, 15) is 5.11 Å². The molecule has 3 nitrogen and oxygen atoms in total. The Bertz CT molecular complexity index is 315. The molecule has 1 rings (SSSR count). The summed E-state index contributed by atoms with van der Waals surface area (Å²) in [6, 6.07) is 1.98. The Morgan fingerprint density at radius 1 is 1.44 bits per heavy atom. The van der Waals surface area contributed by atoms with Gasteiger partial charge in [0.25, 0.3) is 0 Å². The maximum Gasteiger partial charge on any atom is 0.0717 e. The zero-order valence-corrected chi connectivity index (χ0v) is 10.5. The van der Waals surface area contributed by atoms with Gasteiger partial charge in [-0.15, -0.1) is 0 Å². The van der Waals surface area contributed by atoms with E-state index in [1.54, 1.807) is 12.4 Å². The number of aliphatic hydroxyl groups is 1. The molecule has 0 aliphatic carbocycles. The summed E-state index contributed by atoms with van der Waals surface area (Å²) in [5, 5.41) is 9.29. The Balaban J connectivity index is 2.85. The summed E-state index contributed by atoms with van der Waals surface area (Å²) < 4.78 is 0. The topological polar surface area (TPSA) is 36.4 Å². The third kappa shape index (κ3) is 3.20. The van der Waals surface area contributed by atoms with E-state index in [-0.39, 0.29) is 6.61 Å². The number of pyridine rings is 1. The number of nitrogens with zero attached hydrogens (tertiary/aromatic N) is 2. The average Bonchev–Trinajstić information content (AvgIpc) is 2.35. The zero-order valence-electron chi connectivity index (χ0n) is 10.5. The molecule has 0 aliphatic heterocycles. The van der Waals surface area contributed by atoms with Gasteiger partial charge in [-0.3, -0.25) is 4.98 Å². The van der Waals surface area contributed by atoms with Gasteiger partial charge in [-0.05, 0) is 18.9 Å². The molecule has 0 saturated carbocycles. The lowest BCUT2D eigenvalue weighted by molar-refractivity contribution is 0.281. The molecule has 1 aromatic heterocycles. The minimum atomic E-state index is 0.0557. The molecule has 1 atom stereocenters. The van der Waals surface area contributed by atoms with Crippen LogP contribution in [0.2, 0.25) is 0 Å². The molecule has 0 amide bonds. The number of hydrogen-bond donors (Lipinski definition) is 1. The molecule has 0 saturated heterocycles. The second-order valence-electron chi connectivity index (χ2n) is 4.21. The summed E-state index contributed by atoms with van der Waals surface area (Å²) in [6.45, 7) is 8.65. The van der Waals surface area contributed by atoms with Crippen LogP contribution in [0, 0.1) is 5.92 Å². The van der Waals surface area contributed by atoms with Gasteiger partial charge in [-0.1, -0.05) is 20.3 Å². The molecule has 0 fully saturated rings. The van der Waals surface area contributed by atoms with Crippen molar-refractivity contribution >= 4 is 5.69 Å². The van der Waals surface area contributed by atoms with Gasteiger partial charge < -0.3 is 10.0 Å². The van der Waals surface area contributed by atoms with Gasteiger partial charge in [-0.25, -0.2) is 0 Å². The Hall–Kier alpha value is -1.09. The Kier molecular flexibility index (Phi) is 5.26. The van der Waals surface area contributed by atoms with Crippen LogP contribution in [0.4, 0.5) is 5.69 Å². The van der Waals surface area contributed by atoms with Crippen molar-refractivity contribution in [2.75, 3.05) is 18.0 Å². The van der Waals surface area contributed by atoms with Gasteiger partial charge in [0.1, 0.15) is 0 Å². The highest BCUT2D eigenvalue weighted by molar-refractivity contribution is 5.51. The Morgan fingerprint density at radius 3 is 2.75 bits per heavy atom. The first-order valence-corrected chi connectivity index (χ1v) is 6.01. The van der Waals surface area contributed by atoms with E-state index in [2.05, 4.69) is 30.7 Å². The number of anilines is 1. The fraction of sp³-hybridized carbons (Fsp3) is 0.615. The lowest BCUT2D eigenvalue weighted by Gasteiger charge is -2.27. The standard InChI is InChI=1S/C13H22N2O/c1-4-11(3)9-15(5-2)13-6-7-14-8-12(13)10-16/h6-8,11,16H,4-5,9-10H2,1-3H3. The first kappa shape index (κ1) is 13.0. The average molecular weight is 222 g/mol. The molecule has 0 aromatic carbocycles. The van der Waals surface area contributed by atoms with E-state index in [4.69, 9.17) is 0 Å². The maximum absolute atomic E-state index is 9.29. The molecule has 0 spiro atoms. The van der Waals surface area contributed by atoms with Crippen molar-refractivity contribution in [1.82, 2.24) is 4.98 Å². The van der Waals surface area contributed by atoms with Crippen LogP contribution in [0.3, 0.4) is 0 Å². The first-order chi connectivity index (χ1) is 7.72. The summed E-state index contributed by atoms with van der Waals surface area (Å²) >= 11 is 0. The highest BCUT2D eigenvalue weighted by atomic mass is 16.3.